The number of rotatable bonds is 7. The average molecular weight is 390 g/mol. The molecular formula is C23H27N5O. The zero-order valence-corrected chi connectivity index (χ0v) is 17.3. The predicted octanol–water partition coefficient (Wildman–Crippen LogP) is 4.98. The fourth-order valence-electron chi connectivity index (χ4n) is 3.13. The number of benzene rings is 1. The molecule has 0 spiro atoms. The van der Waals surface area contributed by atoms with Gasteiger partial charge < -0.3 is 10.6 Å². The molecule has 3 aromatic rings. The average Bonchev–Trinajstić information content (AvgIpc) is 2.73. The van der Waals surface area contributed by atoms with Crippen LogP contribution in [0.25, 0.3) is 0 Å². The highest BCUT2D eigenvalue weighted by Crippen LogP contribution is 2.32. The number of pyridine rings is 1. The van der Waals surface area contributed by atoms with Crippen molar-refractivity contribution < 1.29 is 4.79 Å². The van der Waals surface area contributed by atoms with Crippen LogP contribution in [-0.2, 0) is 6.54 Å². The molecule has 1 amide bonds. The highest BCUT2D eigenvalue weighted by atomic mass is 16.1. The fraction of sp³-hybridized carbons (Fsp3) is 0.304. The summed E-state index contributed by atoms with van der Waals surface area (Å²) >= 11 is 0. The Bertz CT molecular complexity index is 944. The Morgan fingerprint density at radius 2 is 1.69 bits per heavy atom. The summed E-state index contributed by atoms with van der Waals surface area (Å²) in [6.45, 7) is 9.04. The molecule has 29 heavy (non-hydrogen) atoms. The first-order valence-electron chi connectivity index (χ1n) is 9.85. The Hall–Kier alpha value is -3.28. The van der Waals surface area contributed by atoms with E-state index >= 15 is 0 Å². The topological polar surface area (TPSA) is 79.8 Å². The van der Waals surface area contributed by atoms with E-state index in [4.69, 9.17) is 0 Å². The smallest absolute Gasteiger partial charge is 0.274 e. The highest BCUT2D eigenvalue weighted by Gasteiger charge is 2.17. The van der Waals surface area contributed by atoms with Gasteiger partial charge in [0.15, 0.2) is 0 Å². The van der Waals surface area contributed by atoms with E-state index in [1.54, 1.807) is 24.7 Å². The molecule has 1 aromatic carbocycles. The lowest BCUT2D eigenvalue weighted by Crippen LogP contribution is -2.18. The quantitative estimate of drug-likeness (QED) is 0.595. The molecule has 2 heterocycles. The second kappa shape index (κ2) is 9.28. The lowest BCUT2D eigenvalue weighted by Gasteiger charge is -2.20. The largest absolute Gasteiger partial charge is 0.350 e. The summed E-state index contributed by atoms with van der Waals surface area (Å²) in [7, 11) is 0. The van der Waals surface area contributed by atoms with Gasteiger partial charge in [-0.15, -0.1) is 0 Å². The predicted molar refractivity (Wildman–Crippen MR) is 116 cm³/mol. The summed E-state index contributed by atoms with van der Waals surface area (Å²) in [6, 6.07) is 11.6. The third-order valence-electron chi connectivity index (χ3n) is 4.67. The van der Waals surface area contributed by atoms with Crippen LogP contribution in [0.1, 0.15) is 66.7 Å². The zero-order valence-electron chi connectivity index (χ0n) is 17.3. The van der Waals surface area contributed by atoms with Crippen LogP contribution in [0.5, 0.6) is 0 Å². The lowest BCUT2D eigenvalue weighted by molar-refractivity contribution is 0.102. The minimum absolute atomic E-state index is 0.244. The molecule has 0 unspecified atom stereocenters. The van der Waals surface area contributed by atoms with Crippen LogP contribution in [-0.4, -0.2) is 20.9 Å². The Morgan fingerprint density at radius 1 is 0.966 bits per heavy atom. The number of amides is 1. The van der Waals surface area contributed by atoms with E-state index in [0.717, 1.165) is 22.4 Å². The van der Waals surface area contributed by atoms with Crippen LogP contribution in [0.2, 0.25) is 0 Å². The monoisotopic (exact) mass is 389 g/mol. The van der Waals surface area contributed by atoms with Gasteiger partial charge in [0, 0.05) is 30.8 Å². The molecule has 0 aliphatic carbocycles. The standard InChI is InChI=1S/C23H27N5O/c1-15(2)18-8-5-9-19(16(3)4)21(18)28-22(29)20-10-12-25-23(27-20)26-14-17-7-6-11-24-13-17/h5-13,15-16H,14H2,1-4H3,(H,28,29)(H,25,26,27). The van der Waals surface area contributed by atoms with Gasteiger partial charge in [0.2, 0.25) is 5.95 Å². The normalized spacial score (nSPS) is 11.0. The Labute approximate surface area is 171 Å². The van der Waals surface area contributed by atoms with Crippen LogP contribution >= 0.6 is 0 Å². The second-order valence-corrected chi connectivity index (χ2v) is 7.56. The molecule has 0 saturated heterocycles. The van der Waals surface area contributed by atoms with Gasteiger partial charge in [-0.3, -0.25) is 9.78 Å². The van der Waals surface area contributed by atoms with Crippen molar-refractivity contribution in [3.8, 4) is 0 Å². The first kappa shape index (κ1) is 20.5. The van der Waals surface area contributed by atoms with Crippen molar-refractivity contribution in [2.45, 2.75) is 46.1 Å². The number of anilines is 2. The van der Waals surface area contributed by atoms with Crippen LogP contribution in [0, 0.1) is 0 Å². The molecule has 0 aliphatic heterocycles. The van der Waals surface area contributed by atoms with E-state index in [9.17, 15) is 4.79 Å². The molecule has 0 fully saturated rings. The Morgan fingerprint density at radius 3 is 2.31 bits per heavy atom. The molecule has 3 rings (SSSR count). The molecule has 0 bridgehead atoms. The number of aromatic nitrogens is 3. The molecule has 0 atom stereocenters. The molecule has 0 aliphatic rings. The van der Waals surface area contributed by atoms with Gasteiger partial charge in [-0.05, 0) is 40.7 Å². The maximum atomic E-state index is 13.0. The number of carbonyl (C=O) groups excluding carboxylic acids is 1. The molecule has 0 radical (unpaired) electrons. The summed E-state index contributed by atoms with van der Waals surface area (Å²) in [5, 5.41) is 6.23. The molecule has 6 heteroatoms. The Balaban J connectivity index is 1.80. The number of nitrogens with one attached hydrogen (secondary N) is 2. The molecule has 2 N–H and O–H groups in total. The van der Waals surface area contributed by atoms with E-state index in [2.05, 4.69) is 65.4 Å². The maximum Gasteiger partial charge on any atom is 0.274 e. The minimum Gasteiger partial charge on any atom is -0.350 e. The lowest BCUT2D eigenvalue weighted by atomic mass is 9.92. The van der Waals surface area contributed by atoms with Gasteiger partial charge in [0.05, 0.1) is 0 Å². The van der Waals surface area contributed by atoms with Crippen LogP contribution in [0.4, 0.5) is 11.6 Å². The fourth-order valence-corrected chi connectivity index (χ4v) is 3.13. The van der Waals surface area contributed by atoms with Gasteiger partial charge in [0.25, 0.3) is 5.91 Å². The zero-order chi connectivity index (χ0) is 20.8. The van der Waals surface area contributed by atoms with Crippen molar-refractivity contribution in [3.05, 3.63) is 77.4 Å². The van der Waals surface area contributed by atoms with Crippen molar-refractivity contribution >= 4 is 17.5 Å². The van der Waals surface area contributed by atoms with E-state index in [0.29, 0.717) is 30.0 Å². The third kappa shape index (κ3) is 5.16. The molecule has 6 nitrogen and oxygen atoms in total. The van der Waals surface area contributed by atoms with Gasteiger partial charge in [0.1, 0.15) is 5.69 Å². The third-order valence-corrected chi connectivity index (χ3v) is 4.67. The minimum atomic E-state index is -0.244. The first-order valence-corrected chi connectivity index (χ1v) is 9.85. The van der Waals surface area contributed by atoms with Gasteiger partial charge in [-0.1, -0.05) is 52.0 Å². The number of nitrogens with zero attached hydrogens (tertiary/aromatic N) is 3. The first-order chi connectivity index (χ1) is 14.0. The summed E-state index contributed by atoms with van der Waals surface area (Å²) < 4.78 is 0. The van der Waals surface area contributed by atoms with Crippen molar-refractivity contribution in [1.29, 1.82) is 0 Å². The Kier molecular flexibility index (Phi) is 6.54. The number of carbonyl (C=O) groups is 1. The summed E-state index contributed by atoms with van der Waals surface area (Å²) in [5.74, 6) is 0.756. The van der Waals surface area contributed by atoms with E-state index in [1.165, 1.54) is 0 Å². The van der Waals surface area contributed by atoms with Crippen LogP contribution in [0.15, 0.2) is 55.0 Å². The van der Waals surface area contributed by atoms with Gasteiger partial charge >= 0.3 is 0 Å². The second-order valence-electron chi connectivity index (χ2n) is 7.56. The van der Waals surface area contributed by atoms with Crippen LogP contribution < -0.4 is 10.6 Å². The molecule has 150 valence electrons. The van der Waals surface area contributed by atoms with E-state index in [1.807, 2.05) is 18.2 Å². The van der Waals surface area contributed by atoms with Crippen molar-refractivity contribution in [2.24, 2.45) is 0 Å². The van der Waals surface area contributed by atoms with E-state index in [-0.39, 0.29) is 5.91 Å². The number of hydrogen-bond donors (Lipinski definition) is 2. The number of para-hydroxylation sites is 1. The van der Waals surface area contributed by atoms with Crippen molar-refractivity contribution in [2.75, 3.05) is 10.6 Å². The van der Waals surface area contributed by atoms with Crippen LogP contribution in [0.3, 0.4) is 0 Å². The summed E-state index contributed by atoms with van der Waals surface area (Å²) in [6.07, 6.45) is 5.09. The van der Waals surface area contributed by atoms with Crippen molar-refractivity contribution in [1.82, 2.24) is 15.0 Å². The van der Waals surface area contributed by atoms with Crippen molar-refractivity contribution in [3.63, 3.8) is 0 Å². The maximum absolute atomic E-state index is 13.0. The summed E-state index contributed by atoms with van der Waals surface area (Å²) in [4.78, 5) is 25.6. The van der Waals surface area contributed by atoms with Gasteiger partial charge in [-0.25, -0.2) is 9.97 Å². The SMILES string of the molecule is CC(C)c1cccc(C(C)C)c1NC(=O)c1ccnc(NCc2cccnc2)n1. The molecule has 0 saturated carbocycles. The molecular weight excluding hydrogens is 362 g/mol. The van der Waals surface area contributed by atoms with E-state index < -0.39 is 0 Å². The summed E-state index contributed by atoms with van der Waals surface area (Å²) in [5.41, 5.74) is 4.45. The number of hydrogen-bond acceptors (Lipinski definition) is 5. The highest BCUT2D eigenvalue weighted by molar-refractivity contribution is 6.04. The molecule has 2 aromatic heterocycles. The van der Waals surface area contributed by atoms with Gasteiger partial charge in [-0.2, -0.15) is 0 Å².